The number of nitrogens with one attached hydrogen (secondary N) is 1. The lowest BCUT2D eigenvalue weighted by Gasteiger charge is -2.29. The first-order chi connectivity index (χ1) is 18.3. The van der Waals surface area contributed by atoms with Crippen LogP contribution in [0.25, 0.3) is 11.2 Å². The molecular weight excluding hydrogens is 535 g/mol. The zero-order valence-electron chi connectivity index (χ0n) is 20.8. The van der Waals surface area contributed by atoms with Gasteiger partial charge >= 0.3 is 12.7 Å². The van der Waals surface area contributed by atoms with Gasteiger partial charge in [-0.05, 0) is 12.0 Å². The minimum Gasteiger partial charge on any atom is -0.479 e. The average molecular weight is 565 g/mol. The Morgan fingerprint density at radius 1 is 1.34 bits per heavy atom. The van der Waals surface area contributed by atoms with E-state index in [1.54, 1.807) is 4.57 Å². The summed E-state index contributed by atoms with van der Waals surface area (Å²) in [4.78, 5) is 25.2. The molecule has 1 aromatic carbocycles. The number of nitrogen functional groups attached to an aromatic ring is 1. The molecule has 0 saturated carbocycles. The molecule has 2 aromatic heterocycles. The van der Waals surface area contributed by atoms with Crippen LogP contribution in [0.2, 0.25) is 0 Å². The molecule has 6 unspecified atom stereocenters. The Morgan fingerprint density at radius 2 is 2.13 bits per heavy atom. The number of fused-ring (bicyclic) bond motifs is 1. The van der Waals surface area contributed by atoms with Crippen LogP contribution in [0.3, 0.4) is 0 Å². The SMILES string of the molecule is COc1nc(N)nc2c1ncn2C1OC(COP2(=O)NC(C(=O)OCc3ccccc3)CCS2)C(O)C1C. The molecule has 2 aliphatic rings. The Hall–Kier alpha value is -2.74. The van der Waals surface area contributed by atoms with Crippen LogP contribution in [-0.4, -0.2) is 68.3 Å². The maximum absolute atomic E-state index is 13.4. The second kappa shape index (κ2) is 11.2. The highest BCUT2D eigenvalue weighted by atomic mass is 32.7. The van der Waals surface area contributed by atoms with Gasteiger partial charge in [0.15, 0.2) is 11.2 Å². The molecule has 15 heteroatoms. The number of imidazole rings is 1. The number of ether oxygens (including phenoxy) is 3. The number of rotatable bonds is 8. The van der Waals surface area contributed by atoms with Crippen LogP contribution in [-0.2, 0) is 30.0 Å². The standard InChI is InChI=1S/C23H29N6O7PS/c1-13-18(30)16(36-21(13)29-12-25-17-19(29)26-23(24)27-20(17)33-2)11-35-37(32)28-15(8-9-38-37)22(31)34-10-14-6-4-3-5-7-14/h3-7,12-13,15-16,18,21,30H,8-11H2,1-2H3,(H,28,32)(H2,24,26,27). The summed E-state index contributed by atoms with van der Waals surface area (Å²) in [7, 11) is 1.46. The van der Waals surface area contributed by atoms with Crippen molar-refractivity contribution >= 4 is 41.2 Å². The van der Waals surface area contributed by atoms with Crippen LogP contribution in [0.5, 0.6) is 5.88 Å². The summed E-state index contributed by atoms with van der Waals surface area (Å²) in [5.41, 5.74) is 7.48. The molecular formula is C23H29N6O7PS. The van der Waals surface area contributed by atoms with Crippen LogP contribution in [0.4, 0.5) is 5.95 Å². The Bertz CT molecular complexity index is 1340. The summed E-state index contributed by atoms with van der Waals surface area (Å²) in [6.45, 7) is -1.66. The number of aliphatic hydroxyl groups is 1. The van der Waals surface area contributed by atoms with E-state index in [-0.39, 0.29) is 31.0 Å². The molecule has 6 atom stereocenters. The predicted molar refractivity (Wildman–Crippen MR) is 139 cm³/mol. The first kappa shape index (κ1) is 26.9. The minimum atomic E-state index is -3.45. The zero-order chi connectivity index (χ0) is 26.9. The van der Waals surface area contributed by atoms with Crippen molar-refractivity contribution in [1.82, 2.24) is 24.6 Å². The van der Waals surface area contributed by atoms with Crippen molar-refractivity contribution in [3.63, 3.8) is 0 Å². The third-order valence-electron chi connectivity index (χ3n) is 6.46. The smallest absolute Gasteiger partial charge is 0.327 e. The number of benzene rings is 1. The van der Waals surface area contributed by atoms with E-state index in [9.17, 15) is 14.5 Å². The molecule has 0 bridgehead atoms. The molecule has 4 N–H and O–H groups in total. The van der Waals surface area contributed by atoms with Gasteiger partial charge < -0.3 is 29.6 Å². The first-order valence-corrected chi connectivity index (χ1v) is 15.2. The van der Waals surface area contributed by atoms with Gasteiger partial charge in [-0.2, -0.15) is 9.97 Å². The van der Waals surface area contributed by atoms with Crippen LogP contribution in [0, 0.1) is 5.92 Å². The monoisotopic (exact) mass is 564 g/mol. The number of aliphatic hydroxyl groups excluding tert-OH is 1. The number of hydrogen-bond acceptors (Lipinski definition) is 12. The van der Waals surface area contributed by atoms with Crippen molar-refractivity contribution in [2.24, 2.45) is 5.92 Å². The van der Waals surface area contributed by atoms with Crippen molar-refractivity contribution < 1.29 is 33.2 Å². The van der Waals surface area contributed by atoms with Gasteiger partial charge in [0.25, 0.3) is 0 Å². The molecule has 38 heavy (non-hydrogen) atoms. The quantitative estimate of drug-likeness (QED) is 0.269. The molecule has 13 nitrogen and oxygen atoms in total. The second-order valence-electron chi connectivity index (χ2n) is 9.02. The molecule has 2 aliphatic heterocycles. The molecule has 0 amide bonds. The first-order valence-electron chi connectivity index (χ1n) is 12.0. The second-order valence-corrected chi connectivity index (χ2v) is 13.4. The summed E-state index contributed by atoms with van der Waals surface area (Å²) in [5, 5.41) is 13.7. The van der Waals surface area contributed by atoms with E-state index in [4.69, 9.17) is 24.5 Å². The van der Waals surface area contributed by atoms with Gasteiger partial charge in [0.1, 0.15) is 25.0 Å². The van der Waals surface area contributed by atoms with Gasteiger partial charge in [-0.15, -0.1) is 0 Å². The highest BCUT2D eigenvalue weighted by molar-refractivity contribution is 8.56. The molecule has 2 fully saturated rings. The molecule has 2 saturated heterocycles. The maximum Gasteiger partial charge on any atom is 0.327 e. The number of hydrogen-bond donors (Lipinski definition) is 3. The fourth-order valence-corrected chi connectivity index (χ4v) is 8.23. The number of methoxy groups -OCH3 is 1. The lowest BCUT2D eigenvalue weighted by atomic mass is 10.0. The van der Waals surface area contributed by atoms with Crippen molar-refractivity contribution in [2.75, 3.05) is 25.2 Å². The molecule has 5 rings (SSSR count). The Kier molecular flexibility index (Phi) is 7.89. The highest BCUT2D eigenvalue weighted by Gasteiger charge is 2.45. The van der Waals surface area contributed by atoms with Crippen molar-refractivity contribution in [3.8, 4) is 5.88 Å². The fraction of sp³-hybridized carbons (Fsp3) is 0.478. The van der Waals surface area contributed by atoms with Crippen LogP contribution in [0.15, 0.2) is 36.7 Å². The summed E-state index contributed by atoms with van der Waals surface area (Å²) in [6.07, 6.45) is -0.380. The summed E-state index contributed by atoms with van der Waals surface area (Å²) >= 11 is 1.11. The Morgan fingerprint density at radius 3 is 2.89 bits per heavy atom. The average Bonchev–Trinajstić information content (AvgIpc) is 3.46. The maximum atomic E-state index is 13.4. The van der Waals surface area contributed by atoms with Crippen LogP contribution < -0.4 is 15.6 Å². The predicted octanol–water partition coefficient (Wildman–Crippen LogP) is 2.27. The summed E-state index contributed by atoms with van der Waals surface area (Å²) < 4.78 is 37.5. The molecule has 0 spiro atoms. The normalized spacial score (nSPS) is 29.4. The number of aromatic nitrogens is 4. The van der Waals surface area contributed by atoms with E-state index in [0.717, 1.165) is 16.9 Å². The number of nitrogens with two attached hydrogens (primary N) is 1. The molecule has 204 valence electrons. The van der Waals surface area contributed by atoms with E-state index < -0.39 is 37.2 Å². The van der Waals surface area contributed by atoms with E-state index in [1.807, 2.05) is 37.3 Å². The van der Waals surface area contributed by atoms with Crippen LogP contribution in [0.1, 0.15) is 25.1 Å². The van der Waals surface area contributed by atoms with Gasteiger partial charge in [0, 0.05) is 11.7 Å². The molecule has 3 aromatic rings. The highest BCUT2D eigenvalue weighted by Crippen LogP contribution is 2.59. The Labute approximate surface area is 222 Å². The van der Waals surface area contributed by atoms with Gasteiger partial charge in [-0.1, -0.05) is 48.6 Å². The largest absolute Gasteiger partial charge is 0.479 e. The molecule has 0 aliphatic carbocycles. The van der Waals surface area contributed by atoms with E-state index in [0.29, 0.717) is 23.3 Å². The van der Waals surface area contributed by atoms with Crippen LogP contribution >= 0.6 is 18.1 Å². The number of carbonyl (C=O) groups is 1. The number of carbonyl (C=O) groups excluding carboxylic acids is 1. The zero-order valence-corrected chi connectivity index (χ0v) is 22.5. The third kappa shape index (κ3) is 5.51. The van der Waals surface area contributed by atoms with Gasteiger partial charge in [-0.3, -0.25) is 13.9 Å². The van der Waals surface area contributed by atoms with Crippen molar-refractivity contribution in [1.29, 1.82) is 0 Å². The molecule has 4 heterocycles. The van der Waals surface area contributed by atoms with Crippen molar-refractivity contribution in [2.45, 2.75) is 44.4 Å². The number of esters is 1. The van der Waals surface area contributed by atoms with Gasteiger partial charge in [-0.25, -0.2) is 10.1 Å². The topological polar surface area (TPSA) is 173 Å². The summed E-state index contributed by atoms with van der Waals surface area (Å²) in [6, 6.07) is 8.56. The number of anilines is 1. The van der Waals surface area contributed by atoms with E-state index >= 15 is 0 Å². The molecule has 0 radical (unpaired) electrons. The number of nitrogens with zero attached hydrogens (tertiary/aromatic N) is 4. The lowest BCUT2D eigenvalue weighted by molar-refractivity contribution is -0.147. The third-order valence-corrected chi connectivity index (χ3v) is 10.5. The van der Waals surface area contributed by atoms with Crippen molar-refractivity contribution in [3.05, 3.63) is 42.2 Å². The van der Waals surface area contributed by atoms with Gasteiger partial charge in [0.2, 0.25) is 11.8 Å². The summed E-state index contributed by atoms with van der Waals surface area (Å²) in [5.74, 6) is -0.179. The fourth-order valence-electron chi connectivity index (χ4n) is 4.41. The van der Waals surface area contributed by atoms with Gasteiger partial charge in [0.05, 0.1) is 26.1 Å². The lowest BCUT2D eigenvalue weighted by Crippen LogP contribution is -2.39. The van der Waals surface area contributed by atoms with E-state index in [1.165, 1.54) is 13.4 Å². The van der Waals surface area contributed by atoms with E-state index in [2.05, 4.69) is 20.0 Å². The minimum absolute atomic E-state index is 0.0116. The Balaban J connectivity index is 1.21.